The maximum absolute atomic E-state index is 8.99. The fourth-order valence-corrected chi connectivity index (χ4v) is 3.57. The zero-order chi connectivity index (χ0) is 15.0. The van der Waals surface area contributed by atoms with Crippen molar-refractivity contribution in [2.75, 3.05) is 5.88 Å². The van der Waals surface area contributed by atoms with Gasteiger partial charge in [-0.3, -0.25) is 3.97 Å². The molecule has 2 nitrogen and oxygen atoms in total. The van der Waals surface area contributed by atoms with Crippen LogP contribution in [0.2, 0.25) is 0 Å². The molecule has 0 bridgehead atoms. The highest BCUT2D eigenvalue weighted by molar-refractivity contribution is 14.2. The average Bonchev–Trinajstić information content (AvgIpc) is 2.87. The number of nitrogens with zero attached hydrogens (tertiary/aromatic N) is 2. The van der Waals surface area contributed by atoms with Crippen molar-refractivity contribution in [1.82, 2.24) is 3.97 Å². The summed E-state index contributed by atoms with van der Waals surface area (Å²) >= 11 is 7.98. The molecular formula is C15H18ClIN2S. The Morgan fingerprint density at radius 1 is 1.35 bits per heavy atom. The highest BCUT2D eigenvalue weighted by atomic mass is 127. The predicted octanol–water partition coefficient (Wildman–Crippen LogP) is 5.95. The molecule has 0 amide bonds. The number of aromatic nitrogens is 1. The Morgan fingerprint density at radius 2 is 2.10 bits per heavy atom. The summed E-state index contributed by atoms with van der Waals surface area (Å²) in [7, 11) is 1.65. The van der Waals surface area contributed by atoms with Crippen LogP contribution < -0.4 is 0 Å². The summed E-state index contributed by atoms with van der Waals surface area (Å²) in [5.74, 6) is 0.711. The third kappa shape index (κ3) is 4.31. The van der Waals surface area contributed by atoms with Gasteiger partial charge in [0.05, 0.1) is 17.1 Å². The molecule has 1 aromatic carbocycles. The lowest BCUT2D eigenvalue weighted by Gasteiger charge is -1.98. The molecule has 0 fully saturated rings. The molecule has 1 aromatic heterocycles. The van der Waals surface area contributed by atoms with Crippen molar-refractivity contribution < 1.29 is 0 Å². The van der Waals surface area contributed by atoms with Crippen LogP contribution in [0.3, 0.4) is 0 Å². The van der Waals surface area contributed by atoms with Crippen molar-refractivity contribution in [1.29, 1.82) is 5.26 Å². The first-order valence-corrected chi connectivity index (χ1v) is 10.5. The number of unbranched alkanes of at least 4 members (excludes halogenated alkanes) is 1. The van der Waals surface area contributed by atoms with E-state index < -0.39 is 0 Å². The van der Waals surface area contributed by atoms with Gasteiger partial charge in [-0.25, -0.2) is 0 Å². The second-order valence-corrected chi connectivity index (χ2v) is 6.13. The Hall–Kier alpha value is -0.380. The number of hydrogen-bond donors (Lipinski definition) is 0. The van der Waals surface area contributed by atoms with Crippen LogP contribution in [0.4, 0.5) is 0 Å². The van der Waals surface area contributed by atoms with E-state index in [1.807, 2.05) is 32.0 Å². The molecule has 0 unspecified atom stereocenters. The Labute approximate surface area is 142 Å². The van der Waals surface area contributed by atoms with Gasteiger partial charge < -0.3 is 0 Å². The molecule has 5 heteroatoms. The fraction of sp³-hybridized carbons (Fsp3) is 0.400. The molecule has 0 saturated heterocycles. The Morgan fingerprint density at radius 3 is 2.70 bits per heavy atom. The first-order valence-electron chi connectivity index (χ1n) is 6.69. The van der Waals surface area contributed by atoms with Crippen LogP contribution >= 0.6 is 41.9 Å². The quantitative estimate of drug-likeness (QED) is 0.340. The normalized spacial score (nSPS) is 9.95. The van der Waals surface area contributed by atoms with E-state index in [9.17, 15) is 0 Å². The summed E-state index contributed by atoms with van der Waals surface area (Å²) < 4.78 is 2.15. The number of nitriles is 1. The standard InChI is InChI=1S/C13H12ClIN2S.C2H6/c14-6-2-1-3-11-9-17(18-15)13-5-4-10(8-16)7-12(11)13;1-2/h4-5,7,9H,1-3,6H2;1-2H3. The van der Waals surface area contributed by atoms with Crippen molar-refractivity contribution in [3.8, 4) is 6.07 Å². The van der Waals surface area contributed by atoms with Crippen LogP contribution in [0.5, 0.6) is 0 Å². The van der Waals surface area contributed by atoms with E-state index in [0.717, 1.165) is 24.8 Å². The first-order chi connectivity index (χ1) is 9.80. The van der Waals surface area contributed by atoms with E-state index in [1.165, 1.54) is 16.5 Å². The number of fused-ring (bicyclic) bond motifs is 1. The molecule has 20 heavy (non-hydrogen) atoms. The van der Waals surface area contributed by atoms with E-state index in [2.05, 4.69) is 37.4 Å². The van der Waals surface area contributed by atoms with Crippen molar-refractivity contribution >= 4 is 52.8 Å². The molecule has 0 atom stereocenters. The van der Waals surface area contributed by atoms with Crippen LogP contribution in [0, 0.1) is 11.3 Å². The monoisotopic (exact) mass is 420 g/mol. The number of halogens is 2. The average molecular weight is 421 g/mol. The van der Waals surface area contributed by atoms with Crippen LogP contribution in [0.15, 0.2) is 24.4 Å². The third-order valence-corrected chi connectivity index (χ3v) is 4.88. The third-order valence-electron chi connectivity index (χ3n) is 2.89. The van der Waals surface area contributed by atoms with Gasteiger partial charge in [-0.2, -0.15) is 5.26 Å². The molecule has 0 spiro atoms. The topological polar surface area (TPSA) is 28.7 Å². The summed E-state index contributed by atoms with van der Waals surface area (Å²) in [5, 5.41) is 10.2. The predicted molar refractivity (Wildman–Crippen MR) is 98.7 cm³/mol. The van der Waals surface area contributed by atoms with Crippen LogP contribution in [0.25, 0.3) is 10.9 Å². The molecular weight excluding hydrogens is 403 g/mol. The summed E-state index contributed by atoms with van der Waals surface area (Å²) in [6.45, 7) is 4.00. The number of alkyl halides is 1. The van der Waals surface area contributed by atoms with Gasteiger partial charge in [-0.05, 0) is 43.0 Å². The molecule has 0 N–H and O–H groups in total. The largest absolute Gasteiger partial charge is 0.282 e. The molecule has 0 radical (unpaired) electrons. The van der Waals surface area contributed by atoms with Gasteiger partial charge in [0.15, 0.2) is 0 Å². The molecule has 0 aliphatic rings. The number of hydrogen-bond acceptors (Lipinski definition) is 2. The van der Waals surface area contributed by atoms with Crippen LogP contribution in [-0.4, -0.2) is 9.85 Å². The second-order valence-electron chi connectivity index (χ2n) is 4.04. The van der Waals surface area contributed by atoms with Crippen molar-refractivity contribution in [2.45, 2.75) is 33.1 Å². The Bertz CT molecular complexity index is 589. The van der Waals surface area contributed by atoms with E-state index in [0.29, 0.717) is 5.88 Å². The molecule has 0 saturated carbocycles. The van der Waals surface area contributed by atoms with Gasteiger partial charge in [0.1, 0.15) is 0 Å². The minimum Gasteiger partial charge on any atom is -0.282 e. The number of aryl methyl sites for hydroxylation is 1. The molecule has 108 valence electrons. The lowest BCUT2D eigenvalue weighted by molar-refractivity contribution is 0.803. The van der Waals surface area contributed by atoms with Gasteiger partial charge in [0.2, 0.25) is 0 Å². The van der Waals surface area contributed by atoms with Crippen molar-refractivity contribution in [3.05, 3.63) is 35.5 Å². The zero-order valence-corrected chi connectivity index (χ0v) is 15.4. The van der Waals surface area contributed by atoms with E-state index >= 15 is 0 Å². The maximum Gasteiger partial charge on any atom is 0.0991 e. The Kier molecular flexibility index (Phi) is 8.43. The zero-order valence-electron chi connectivity index (χ0n) is 11.7. The summed E-state index contributed by atoms with van der Waals surface area (Å²) in [6, 6.07) is 8.07. The smallest absolute Gasteiger partial charge is 0.0991 e. The maximum atomic E-state index is 8.99. The lowest BCUT2D eigenvalue weighted by Crippen LogP contribution is -1.85. The minimum atomic E-state index is 0.711. The van der Waals surface area contributed by atoms with Gasteiger partial charge >= 0.3 is 0 Å². The summed E-state index contributed by atoms with van der Waals surface area (Å²) in [5.41, 5.74) is 3.20. The Balaban J connectivity index is 0.000000956. The van der Waals surface area contributed by atoms with E-state index in [-0.39, 0.29) is 0 Å². The SMILES string of the molecule is CC.N#Cc1ccc2c(c1)c(CCCCCl)cn2SI. The molecule has 2 aromatic rings. The van der Waals surface area contributed by atoms with Crippen molar-refractivity contribution in [3.63, 3.8) is 0 Å². The van der Waals surface area contributed by atoms with Gasteiger partial charge in [0, 0.05) is 47.8 Å². The molecule has 2 rings (SSSR count). The van der Waals surface area contributed by atoms with Crippen molar-refractivity contribution in [2.24, 2.45) is 0 Å². The molecule has 0 aliphatic carbocycles. The molecule has 1 heterocycles. The summed E-state index contributed by atoms with van der Waals surface area (Å²) in [4.78, 5) is 0. The van der Waals surface area contributed by atoms with Crippen LogP contribution in [0.1, 0.15) is 37.8 Å². The lowest BCUT2D eigenvalue weighted by atomic mass is 10.1. The fourth-order valence-electron chi connectivity index (χ4n) is 2.00. The van der Waals surface area contributed by atoms with E-state index in [4.69, 9.17) is 16.9 Å². The van der Waals surface area contributed by atoms with Gasteiger partial charge in [0.25, 0.3) is 0 Å². The van der Waals surface area contributed by atoms with Gasteiger partial charge in [-0.15, -0.1) is 11.6 Å². The highest BCUT2D eigenvalue weighted by Crippen LogP contribution is 2.30. The highest BCUT2D eigenvalue weighted by Gasteiger charge is 2.09. The second kappa shape index (κ2) is 9.54. The van der Waals surface area contributed by atoms with Gasteiger partial charge in [-0.1, -0.05) is 13.8 Å². The number of rotatable bonds is 5. The van der Waals surface area contributed by atoms with Crippen LogP contribution in [-0.2, 0) is 6.42 Å². The summed E-state index contributed by atoms with van der Waals surface area (Å²) in [6.07, 6.45) is 5.30. The molecule has 0 aliphatic heterocycles. The van der Waals surface area contributed by atoms with E-state index in [1.54, 1.807) is 9.12 Å². The minimum absolute atomic E-state index is 0.711. The number of benzene rings is 1. The first kappa shape index (κ1) is 17.7.